The van der Waals surface area contributed by atoms with Crippen molar-refractivity contribution >= 4 is 31.6 Å². The van der Waals surface area contributed by atoms with Gasteiger partial charge in [-0.2, -0.15) is 13.2 Å². The van der Waals surface area contributed by atoms with Gasteiger partial charge in [0.05, 0.1) is 41.8 Å². The van der Waals surface area contributed by atoms with Crippen LogP contribution in [0.1, 0.15) is 129 Å². The molecule has 0 saturated carbocycles. The summed E-state index contributed by atoms with van der Waals surface area (Å²) in [6.45, 7) is 23.4. The van der Waals surface area contributed by atoms with Crippen LogP contribution >= 0.6 is 0 Å². The highest BCUT2D eigenvalue weighted by atomic mass is 28.4. The highest BCUT2D eigenvalue weighted by molar-refractivity contribution is 6.54. The predicted molar refractivity (Wildman–Crippen MR) is 262 cm³/mol. The number of rotatable bonds is 12. The third-order valence-electron chi connectivity index (χ3n) is 12.4. The van der Waals surface area contributed by atoms with Crippen molar-refractivity contribution in [3.63, 3.8) is 0 Å². The first-order valence-corrected chi connectivity index (χ1v) is 25.2. The van der Waals surface area contributed by atoms with Crippen LogP contribution in [0.25, 0.3) is 28.0 Å². The second-order valence-corrected chi connectivity index (χ2v) is 23.4. The van der Waals surface area contributed by atoms with E-state index >= 15 is 0 Å². The molecular weight excluding hydrogens is 891 g/mol. The van der Waals surface area contributed by atoms with Crippen molar-refractivity contribution in [2.75, 3.05) is 38.3 Å². The van der Waals surface area contributed by atoms with E-state index in [-0.39, 0.29) is 13.2 Å². The topological polar surface area (TPSA) is 67.9 Å². The van der Waals surface area contributed by atoms with Crippen LogP contribution in [0.4, 0.5) is 23.2 Å². The first-order valence-electron chi connectivity index (χ1n) is 23.5. The number of methoxy groups -OCH3 is 1. The lowest BCUT2D eigenvalue weighted by molar-refractivity contribution is -0.138. The van der Waals surface area contributed by atoms with Crippen molar-refractivity contribution in [3.05, 3.63) is 124 Å². The van der Waals surface area contributed by atoms with Gasteiger partial charge in [-0.3, -0.25) is 0 Å². The first-order chi connectivity index (χ1) is 31.7. The van der Waals surface area contributed by atoms with Crippen LogP contribution in [0, 0.1) is 5.82 Å². The summed E-state index contributed by atoms with van der Waals surface area (Å²) in [5.41, 5.74) is 1.52. The van der Waals surface area contributed by atoms with E-state index in [4.69, 9.17) is 31.9 Å². The number of fused-ring (bicyclic) bond motifs is 8. The molecule has 8 nitrogen and oxygen atoms in total. The van der Waals surface area contributed by atoms with Gasteiger partial charge >= 0.3 is 15.2 Å². The molecule has 5 aromatic rings. The minimum atomic E-state index is -4.51. The van der Waals surface area contributed by atoms with E-state index in [1.165, 1.54) is 24.3 Å². The van der Waals surface area contributed by atoms with Crippen molar-refractivity contribution < 1.29 is 49.5 Å². The molecule has 2 heterocycles. The number of hydrogen-bond donors (Lipinski definition) is 0. The molecule has 13 heteroatoms. The van der Waals surface area contributed by atoms with Crippen LogP contribution in [0.15, 0.2) is 84.9 Å². The zero-order valence-corrected chi connectivity index (χ0v) is 42.4. The Morgan fingerprint density at radius 1 is 0.706 bits per heavy atom. The van der Waals surface area contributed by atoms with E-state index in [9.17, 15) is 17.6 Å². The summed E-state index contributed by atoms with van der Waals surface area (Å²) >= 11 is 0. The molecule has 0 aromatic heterocycles. The van der Waals surface area contributed by atoms with Crippen molar-refractivity contribution in [1.29, 1.82) is 0 Å². The minimum absolute atomic E-state index is 0.121. The van der Waals surface area contributed by atoms with Gasteiger partial charge < -0.3 is 36.8 Å². The summed E-state index contributed by atoms with van der Waals surface area (Å²) in [7, 11) is -2.07. The molecule has 0 N–H and O–H groups in total. The second-order valence-electron chi connectivity index (χ2n) is 21.5. The van der Waals surface area contributed by atoms with Crippen molar-refractivity contribution in [1.82, 2.24) is 0 Å². The van der Waals surface area contributed by atoms with E-state index in [1.807, 2.05) is 119 Å². The molecule has 1 unspecified atom stereocenters. The van der Waals surface area contributed by atoms with E-state index in [1.54, 1.807) is 25.3 Å². The maximum atomic E-state index is 14.7. The monoisotopic (exact) mass is 955 g/mol. The van der Waals surface area contributed by atoms with Crippen LogP contribution in [0.5, 0.6) is 17.2 Å². The molecule has 3 aliphatic rings. The number of piperidine rings is 1. The molecule has 1 saturated heterocycles. The van der Waals surface area contributed by atoms with E-state index < -0.39 is 54.4 Å². The number of hydrogen-bond acceptors (Lipinski definition) is 8. The smallest absolute Gasteiger partial charge is 0.495 e. The Hall–Kier alpha value is -4.92. The van der Waals surface area contributed by atoms with Gasteiger partial charge in [-0.05, 0) is 164 Å². The average Bonchev–Trinajstić information content (AvgIpc) is 3.49. The number of anilines is 1. The number of alkyl halides is 3. The molecule has 0 radical (unpaired) electrons. The molecule has 68 heavy (non-hydrogen) atoms. The van der Waals surface area contributed by atoms with Crippen LogP contribution in [0.3, 0.4) is 0 Å². The van der Waals surface area contributed by atoms with E-state index in [0.717, 1.165) is 76.6 Å². The lowest BCUT2D eigenvalue weighted by atomic mass is 9.76. The lowest BCUT2D eigenvalue weighted by Gasteiger charge is -2.41. The number of benzene rings is 5. The lowest BCUT2D eigenvalue weighted by Crippen LogP contribution is -2.59. The van der Waals surface area contributed by atoms with Gasteiger partial charge in [-0.15, -0.1) is 0 Å². The van der Waals surface area contributed by atoms with Crippen molar-refractivity contribution in [3.8, 4) is 28.4 Å². The van der Waals surface area contributed by atoms with Gasteiger partial charge in [-0.1, -0.05) is 50.3 Å². The van der Waals surface area contributed by atoms with Crippen molar-refractivity contribution in [2.45, 2.75) is 129 Å². The predicted octanol–water partition coefficient (Wildman–Crippen LogP) is 13.9. The molecule has 1 aliphatic carbocycles. The Morgan fingerprint density at radius 2 is 1.29 bits per heavy atom. The Labute approximate surface area is 400 Å². The quantitative estimate of drug-likeness (QED) is 0.0696. The molecule has 0 spiro atoms. The standard InChI is InChI=1S/C55H65F4NO7Si/c1-50(2,3)65-68(66-51(4,5)6,67-52(7,8)9)63-31-30-62-39-23-18-36(19-24-39)54(35-16-21-38(56)22-17-35)27-26-41-48-47(40-25-20-37(55(57,58)59)32-44(40)53(48,10)11)42-33-45(60-28-14-13-15-29-60)46(61-12)34-43(42)49(41)64-54/h16-27,32-34H,13-15,28-31H2,1-12H3. The third kappa shape index (κ3) is 9.92. The minimum Gasteiger partial charge on any atom is -0.495 e. The number of ether oxygens (including phenoxy) is 3. The van der Waals surface area contributed by atoms with Crippen LogP contribution in [0.2, 0.25) is 0 Å². The Bertz CT molecular complexity index is 2650. The molecule has 364 valence electrons. The molecule has 1 fully saturated rings. The van der Waals surface area contributed by atoms with E-state index in [0.29, 0.717) is 28.4 Å². The average molecular weight is 956 g/mol. The fourth-order valence-corrected chi connectivity index (χ4v) is 12.7. The van der Waals surface area contributed by atoms with Gasteiger partial charge in [0, 0.05) is 40.6 Å². The fourth-order valence-electron chi connectivity index (χ4n) is 9.80. The summed E-state index contributed by atoms with van der Waals surface area (Å²) in [6, 6.07) is 22.0. The normalized spacial score (nSPS) is 18.3. The Morgan fingerprint density at radius 3 is 1.85 bits per heavy atom. The molecule has 1 atom stereocenters. The highest BCUT2D eigenvalue weighted by Gasteiger charge is 2.54. The summed E-state index contributed by atoms with van der Waals surface area (Å²) in [5.74, 6) is 1.39. The summed E-state index contributed by atoms with van der Waals surface area (Å²) in [6.07, 6.45) is 2.68. The molecule has 5 aromatic carbocycles. The summed E-state index contributed by atoms with van der Waals surface area (Å²) in [5, 5.41) is 1.60. The van der Waals surface area contributed by atoms with Gasteiger partial charge in [0.25, 0.3) is 0 Å². The van der Waals surface area contributed by atoms with Gasteiger partial charge in [0.1, 0.15) is 29.7 Å². The van der Waals surface area contributed by atoms with Crippen LogP contribution in [-0.4, -0.2) is 59.3 Å². The highest BCUT2D eigenvalue weighted by Crippen LogP contribution is 2.60. The maximum Gasteiger partial charge on any atom is 0.681 e. The third-order valence-corrected chi connectivity index (χ3v) is 15.6. The number of halogens is 4. The second kappa shape index (κ2) is 17.8. The summed E-state index contributed by atoms with van der Waals surface area (Å²) < 4.78 is 103. The molecular formula is C55H65F4NO7Si. The molecule has 0 bridgehead atoms. The molecule has 8 rings (SSSR count). The zero-order valence-electron chi connectivity index (χ0n) is 41.4. The fraction of sp³-hybridized carbons (Fsp3) is 0.455. The Balaban J connectivity index is 1.20. The van der Waals surface area contributed by atoms with Gasteiger partial charge in [-0.25, -0.2) is 4.39 Å². The molecule has 0 amide bonds. The maximum absolute atomic E-state index is 14.7. The van der Waals surface area contributed by atoms with Crippen LogP contribution in [-0.2, 0) is 34.9 Å². The zero-order chi connectivity index (χ0) is 49.2. The first kappa shape index (κ1) is 49.5. The van der Waals surface area contributed by atoms with Crippen molar-refractivity contribution in [2.24, 2.45) is 0 Å². The Kier molecular flexibility index (Phi) is 13.0. The summed E-state index contributed by atoms with van der Waals surface area (Å²) in [4.78, 5) is 2.33. The van der Waals surface area contributed by atoms with Crippen LogP contribution < -0.4 is 19.1 Å². The van der Waals surface area contributed by atoms with Gasteiger partial charge in [0.15, 0.2) is 5.60 Å². The van der Waals surface area contributed by atoms with Gasteiger partial charge in [0.2, 0.25) is 0 Å². The largest absolute Gasteiger partial charge is 0.681 e. The number of nitrogens with zero attached hydrogens (tertiary/aromatic N) is 1. The van der Waals surface area contributed by atoms with E-state index in [2.05, 4.69) is 11.0 Å². The SMILES string of the molecule is COc1cc2c3c(c4c(c2cc1N1CCCCC1)-c1ccc(C(F)(F)F)cc1C4(C)C)C=CC(c1ccc(F)cc1)(c1ccc(OCCO[Si](OC(C)(C)C)(OC(C)(C)C)OC(C)(C)C)cc1)O3. The molecule has 2 aliphatic heterocycles.